The summed E-state index contributed by atoms with van der Waals surface area (Å²) in [5, 5.41) is 8.69. The third-order valence-corrected chi connectivity index (χ3v) is 6.96. The number of nitrogens with one attached hydrogen (secondary N) is 3. The number of anilines is 2. The summed E-state index contributed by atoms with van der Waals surface area (Å²) in [6.07, 6.45) is 1.46. The molecule has 6 nitrogen and oxygen atoms in total. The quantitative estimate of drug-likeness (QED) is 0.141. The normalized spacial score (nSPS) is 11.0. The Labute approximate surface area is 244 Å². The fourth-order valence-electron chi connectivity index (χ4n) is 3.48. The topological polar surface area (TPSA) is 87.3 Å². The monoisotopic (exact) mass is 593 g/mol. The average Bonchev–Trinajstić information content (AvgIpc) is 2.94. The van der Waals surface area contributed by atoms with Crippen molar-refractivity contribution in [2.24, 2.45) is 0 Å². The Bertz CT molecular complexity index is 1580. The lowest BCUT2D eigenvalue weighted by Gasteiger charge is -2.13. The molecule has 0 aromatic heterocycles. The molecule has 0 unspecified atom stereocenters. The first-order valence-electron chi connectivity index (χ1n) is 11.9. The van der Waals surface area contributed by atoms with E-state index in [1.807, 2.05) is 0 Å². The fourth-order valence-corrected chi connectivity index (χ4v) is 4.69. The number of thioether (sulfide) groups is 1. The molecule has 0 bridgehead atoms. The maximum absolute atomic E-state index is 13.8. The minimum absolute atomic E-state index is 0.0269. The van der Waals surface area contributed by atoms with Crippen molar-refractivity contribution in [3.05, 3.63) is 130 Å². The van der Waals surface area contributed by atoms with Crippen molar-refractivity contribution >= 4 is 70.1 Å². The summed E-state index contributed by atoms with van der Waals surface area (Å²) in [5.74, 6) is -1.93. The van der Waals surface area contributed by atoms with Gasteiger partial charge in [0.2, 0.25) is 5.91 Å². The second kappa shape index (κ2) is 13.8. The number of halogens is 3. The first kappa shape index (κ1) is 28.9. The van der Waals surface area contributed by atoms with E-state index in [9.17, 15) is 18.8 Å². The lowest BCUT2D eigenvalue weighted by atomic mass is 10.1. The van der Waals surface area contributed by atoms with Crippen LogP contribution in [0.15, 0.2) is 108 Å². The summed E-state index contributed by atoms with van der Waals surface area (Å²) in [5.41, 5.74) is 1.35. The van der Waals surface area contributed by atoms with Crippen molar-refractivity contribution in [2.75, 3.05) is 16.4 Å². The summed E-state index contributed by atoms with van der Waals surface area (Å²) in [6, 6.07) is 26.0. The number of rotatable bonds is 9. The lowest BCUT2D eigenvalue weighted by molar-refractivity contribution is -0.114. The number of hydrogen-bond acceptors (Lipinski definition) is 4. The van der Waals surface area contributed by atoms with E-state index in [2.05, 4.69) is 16.0 Å². The number of carbonyl (C=O) groups excluding carboxylic acids is 3. The molecule has 202 valence electrons. The summed E-state index contributed by atoms with van der Waals surface area (Å²) in [6.45, 7) is 0. The van der Waals surface area contributed by atoms with Gasteiger partial charge in [0.05, 0.1) is 11.4 Å². The van der Waals surface area contributed by atoms with E-state index in [1.54, 1.807) is 72.8 Å². The second-order valence-corrected chi connectivity index (χ2v) is 10.2. The summed E-state index contributed by atoms with van der Waals surface area (Å²) >= 11 is 13.5. The Hall–Kier alpha value is -4.11. The van der Waals surface area contributed by atoms with E-state index in [0.29, 0.717) is 31.8 Å². The van der Waals surface area contributed by atoms with Crippen molar-refractivity contribution in [1.29, 1.82) is 0 Å². The molecule has 3 N–H and O–H groups in total. The Morgan fingerprint density at radius 3 is 2.33 bits per heavy atom. The molecule has 10 heteroatoms. The van der Waals surface area contributed by atoms with Crippen molar-refractivity contribution in [3.8, 4) is 0 Å². The zero-order valence-electron chi connectivity index (χ0n) is 20.8. The van der Waals surface area contributed by atoms with Crippen molar-refractivity contribution in [3.63, 3.8) is 0 Å². The van der Waals surface area contributed by atoms with E-state index < -0.39 is 17.6 Å². The van der Waals surface area contributed by atoms with Gasteiger partial charge in [0.1, 0.15) is 11.5 Å². The van der Waals surface area contributed by atoms with Crippen LogP contribution in [-0.2, 0) is 9.59 Å². The molecule has 0 spiro atoms. The van der Waals surface area contributed by atoms with Gasteiger partial charge in [-0.05, 0) is 66.2 Å². The molecule has 0 saturated heterocycles. The van der Waals surface area contributed by atoms with Gasteiger partial charge < -0.3 is 16.0 Å². The average molecular weight is 594 g/mol. The summed E-state index contributed by atoms with van der Waals surface area (Å²) in [4.78, 5) is 39.1. The standard InChI is InChI=1S/C30H22Cl2FN3O3S/c31-21-14-13-20(24(32)16-21)15-27(36-29(38)19-7-2-1-3-8-19)30(39)34-22-9-6-10-23(17-22)40-18-28(37)35-26-12-5-4-11-25(26)33/h1-17H,18H2,(H,34,39)(H,35,37)(H,36,38)/b27-15+. The maximum Gasteiger partial charge on any atom is 0.272 e. The van der Waals surface area contributed by atoms with Gasteiger partial charge in [-0.2, -0.15) is 0 Å². The Morgan fingerprint density at radius 2 is 1.57 bits per heavy atom. The van der Waals surface area contributed by atoms with E-state index in [0.717, 1.165) is 0 Å². The fraction of sp³-hybridized carbons (Fsp3) is 0.0333. The van der Waals surface area contributed by atoms with Crippen LogP contribution >= 0.6 is 35.0 Å². The van der Waals surface area contributed by atoms with Crippen LogP contribution < -0.4 is 16.0 Å². The van der Waals surface area contributed by atoms with Gasteiger partial charge >= 0.3 is 0 Å². The number of hydrogen-bond donors (Lipinski definition) is 3. The predicted molar refractivity (Wildman–Crippen MR) is 159 cm³/mol. The van der Waals surface area contributed by atoms with Crippen molar-refractivity contribution in [1.82, 2.24) is 5.32 Å². The molecule has 4 rings (SSSR count). The van der Waals surface area contributed by atoms with Crippen LogP contribution in [0.25, 0.3) is 6.08 Å². The van der Waals surface area contributed by atoms with Gasteiger partial charge in [-0.1, -0.05) is 65.7 Å². The zero-order chi connectivity index (χ0) is 28.5. The van der Waals surface area contributed by atoms with E-state index in [1.165, 1.54) is 42.1 Å². The molecule has 0 aliphatic heterocycles. The minimum Gasteiger partial charge on any atom is -0.323 e. The highest BCUT2D eigenvalue weighted by Crippen LogP contribution is 2.25. The molecule has 4 aromatic carbocycles. The second-order valence-electron chi connectivity index (χ2n) is 8.34. The molecule has 40 heavy (non-hydrogen) atoms. The molecule has 4 aromatic rings. The van der Waals surface area contributed by atoms with Gasteiger partial charge in [0, 0.05) is 26.2 Å². The molecule has 0 atom stereocenters. The highest BCUT2D eigenvalue weighted by molar-refractivity contribution is 8.00. The molecule has 0 aliphatic rings. The largest absolute Gasteiger partial charge is 0.323 e. The van der Waals surface area contributed by atoms with Gasteiger partial charge in [-0.3, -0.25) is 14.4 Å². The molecule has 0 fully saturated rings. The number of carbonyl (C=O) groups is 3. The van der Waals surface area contributed by atoms with Gasteiger partial charge in [-0.15, -0.1) is 11.8 Å². The number of para-hydroxylation sites is 1. The van der Waals surface area contributed by atoms with Crippen molar-refractivity contribution < 1.29 is 18.8 Å². The van der Waals surface area contributed by atoms with E-state index in [-0.39, 0.29) is 23.0 Å². The number of amides is 3. The smallest absolute Gasteiger partial charge is 0.272 e. The summed E-state index contributed by atoms with van der Waals surface area (Å²) in [7, 11) is 0. The maximum atomic E-state index is 13.8. The van der Waals surface area contributed by atoms with E-state index >= 15 is 0 Å². The van der Waals surface area contributed by atoms with E-state index in [4.69, 9.17) is 23.2 Å². The zero-order valence-corrected chi connectivity index (χ0v) is 23.1. The van der Waals surface area contributed by atoms with Crippen LogP contribution in [0.1, 0.15) is 15.9 Å². The Balaban J connectivity index is 1.48. The highest BCUT2D eigenvalue weighted by atomic mass is 35.5. The van der Waals surface area contributed by atoms with Gasteiger partial charge in [-0.25, -0.2) is 4.39 Å². The van der Waals surface area contributed by atoms with Crippen molar-refractivity contribution in [2.45, 2.75) is 4.90 Å². The summed E-state index contributed by atoms with van der Waals surface area (Å²) < 4.78 is 13.8. The van der Waals surface area contributed by atoms with Crippen LogP contribution in [0, 0.1) is 5.82 Å². The SMILES string of the molecule is O=C(CSc1cccc(NC(=O)/C(=C\c2ccc(Cl)cc2Cl)NC(=O)c2ccccc2)c1)Nc1ccccc1F. The van der Waals surface area contributed by atoms with Crippen LogP contribution in [-0.4, -0.2) is 23.5 Å². The Kier molecular flexibility index (Phi) is 9.96. The van der Waals surface area contributed by atoms with Gasteiger partial charge in [0.15, 0.2) is 0 Å². The van der Waals surface area contributed by atoms with Crippen LogP contribution in [0.4, 0.5) is 15.8 Å². The molecule has 0 aliphatic carbocycles. The highest BCUT2D eigenvalue weighted by Gasteiger charge is 2.16. The first-order valence-corrected chi connectivity index (χ1v) is 13.6. The molecule has 0 radical (unpaired) electrons. The predicted octanol–water partition coefficient (Wildman–Crippen LogP) is 7.27. The van der Waals surface area contributed by atoms with Crippen LogP contribution in [0.5, 0.6) is 0 Å². The first-order chi connectivity index (χ1) is 19.3. The molecular weight excluding hydrogens is 572 g/mol. The lowest BCUT2D eigenvalue weighted by Crippen LogP contribution is -2.30. The number of benzene rings is 4. The molecule has 0 saturated carbocycles. The molecule has 3 amide bonds. The minimum atomic E-state index is -0.588. The molecular formula is C30H22Cl2FN3O3S. The third kappa shape index (κ3) is 8.19. The molecule has 0 heterocycles. The van der Waals surface area contributed by atoms with Crippen LogP contribution in [0.3, 0.4) is 0 Å². The van der Waals surface area contributed by atoms with Crippen LogP contribution in [0.2, 0.25) is 10.0 Å². The van der Waals surface area contributed by atoms with Gasteiger partial charge in [0.25, 0.3) is 11.8 Å². The Morgan fingerprint density at radius 1 is 0.825 bits per heavy atom. The third-order valence-electron chi connectivity index (χ3n) is 5.40.